The molecule has 0 saturated heterocycles. The lowest BCUT2D eigenvalue weighted by molar-refractivity contribution is 0.784. The van der Waals surface area contributed by atoms with Crippen molar-refractivity contribution in [2.24, 2.45) is 15.0 Å². The zero-order valence-electron chi connectivity index (χ0n) is 5.31. The molecule has 0 aromatic rings. The van der Waals surface area contributed by atoms with E-state index in [0.29, 0.717) is 6.67 Å². The van der Waals surface area contributed by atoms with E-state index in [9.17, 15) is 0 Å². The minimum atomic E-state index is 0.497. The summed E-state index contributed by atoms with van der Waals surface area (Å²) in [5.41, 5.74) is 0. The first-order chi connectivity index (χ1) is 4.97. The van der Waals surface area contributed by atoms with E-state index in [4.69, 9.17) is 0 Å². The Balaban J connectivity index is 2.33. The molecule has 2 rings (SSSR count). The van der Waals surface area contributed by atoms with Crippen molar-refractivity contribution in [1.82, 2.24) is 4.90 Å². The van der Waals surface area contributed by atoms with Gasteiger partial charge in [-0.2, -0.15) is 0 Å². The molecule has 10 heavy (non-hydrogen) atoms. The standard InChI is InChI=1S/C6H6N4/c1-2-8-6-9-4-7-5-10(6)3-1/h1-3,5H,4H2. The smallest absolute Gasteiger partial charge is 0.231 e. The number of aliphatic imine (C=N–C) groups is 3. The van der Waals surface area contributed by atoms with Gasteiger partial charge in [0.15, 0.2) is 0 Å². The molecular weight excluding hydrogens is 128 g/mol. The number of rotatable bonds is 0. The van der Waals surface area contributed by atoms with Crippen LogP contribution in [0.5, 0.6) is 0 Å². The molecule has 0 aromatic carbocycles. The van der Waals surface area contributed by atoms with Gasteiger partial charge in [-0.3, -0.25) is 9.89 Å². The van der Waals surface area contributed by atoms with E-state index in [1.165, 1.54) is 0 Å². The van der Waals surface area contributed by atoms with E-state index >= 15 is 0 Å². The number of nitrogens with zero attached hydrogens (tertiary/aromatic N) is 4. The van der Waals surface area contributed by atoms with Gasteiger partial charge in [-0.05, 0) is 6.08 Å². The Kier molecular flexibility index (Phi) is 1.10. The first kappa shape index (κ1) is 5.34. The van der Waals surface area contributed by atoms with Gasteiger partial charge in [0.05, 0.1) is 6.34 Å². The largest absolute Gasteiger partial charge is 0.276 e. The van der Waals surface area contributed by atoms with Crippen molar-refractivity contribution in [2.75, 3.05) is 6.67 Å². The SMILES string of the molecule is C1=CN2C=NCN=C2N=C1. The average Bonchev–Trinajstić information content (AvgIpc) is 2.05. The summed E-state index contributed by atoms with van der Waals surface area (Å²) in [7, 11) is 0. The molecule has 0 fully saturated rings. The van der Waals surface area contributed by atoms with Gasteiger partial charge in [-0.25, -0.2) is 9.98 Å². The van der Waals surface area contributed by atoms with E-state index in [1.54, 1.807) is 17.5 Å². The maximum Gasteiger partial charge on any atom is 0.231 e. The topological polar surface area (TPSA) is 40.3 Å². The Labute approximate surface area is 58.3 Å². The molecule has 0 aliphatic carbocycles. The summed E-state index contributed by atoms with van der Waals surface area (Å²) in [6.45, 7) is 0.497. The van der Waals surface area contributed by atoms with E-state index in [2.05, 4.69) is 15.0 Å². The molecule has 50 valence electrons. The molecule has 4 nitrogen and oxygen atoms in total. The van der Waals surface area contributed by atoms with E-state index in [-0.39, 0.29) is 0 Å². The Bertz CT molecular complexity index is 248. The van der Waals surface area contributed by atoms with Crippen LogP contribution in [0, 0.1) is 0 Å². The monoisotopic (exact) mass is 134 g/mol. The number of guanidine groups is 1. The molecular formula is C6H6N4. The highest BCUT2D eigenvalue weighted by molar-refractivity contribution is 6.00. The third kappa shape index (κ3) is 0.737. The van der Waals surface area contributed by atoms with Crippen LogP contribution in [-0.4, -0.2) is 30.1 Å². The molecule has 0 saturated carbocycles. The highest BCUT2D eigenvalue weighted by atomic mass is 15.3. The van der Waals surface area contributed by atoms with Gasteiger partial charge < -0.3 is 0 Å². The van der Waals surface area contributed by atoms with Gasteiger partial charge in [-0.1, -0.05) is 0 Å². The summed E-state index contributed by atoms with van der Waals surface area (Å²) < 4.78 is 0. The summed E-state index contributed by atoms with van der Waals surface area (Å²) in [6, 6.07) is 0. The fourth-order valence-corrected chi connectivity index (χ4v) is 0.815. The fourth-order valence-electron chi connectivity index (χ4n) is 0.815. The van der Waals surface area contributed by atoms with Crippen molar-refractivity contribution in [1.29, 1.82) is 0 Å². The Morgan fingerprint density at radius 2 is 2.50 bits per heavy atom. The maximum absolute atomic E-state index is 4.05. The van der Waals surface area contributed by atoms with Gasteiger partial charge in [0.2, 0.25) is 5.96 Å². The van der Waals surface area contributed by atoms with Crippen LogP contribution in [0.1, 0.15) is 0 Å². The van der Waals surface area contributed by atoms with Crippen LogP contribution in [0.4, 0.5) is 0 Å². The van der Waals surface area contributed by atoms with Crippen molar-refractivity contribution in [2.45, 2.75) is 0 Å². The number of hydrogen-bond donors (Lipinski definition) is 0. The second-order valence-corrected chi connectivity index (χ2v) is 1.92. The van der Waals surface area contributed by atoms with Crippen molar-refractivity contribution in [3.63, 3.8) is 0 Å². The fraction of sp³-hybridized carbons (Fsp3) is 0.167. The maximum atomic E-state index is 4.05. The Morgan fingerprint density at radius 1 is 1.50 bits per heavy atom. The molecule has 0 amide bonds. The molecule has 0 aromatic heterocycles. The van der Waals surface area contributed by atoms with E-state index in [0.717, 1.165) is 5.96 Å². The molecule has 4 heteroatoms. The molecule has 0 atom stereocenters. The lowest BCUT2D eigenvalue weighted by Crippen LogP contribution is -2.27. The normalized spacial score (nSPS) is 20.8. The third-order valence-corrected chi connectivity index (χ3v) is 1.25. The van der Waals surface area contributed by atoms with Gasteiger partial charge >= 0.3 is 0 Å². The van der Waals surface area contributed by atoms with Crippen molar-refractivity contribution in [3.8, 4) is 0 Å². The van der Waals surface area contributed by atoms with Crippen molar-refractivity contribution >= 4 is 18.5 Å². The molecule has 2 aliphatic rings. The number of fused-ring (bicyclic) bond motifs is 1. The Hall–Kier alpha value is -1.45. The lowest BCUT2D eigenvalue weighted by Gasteiger charge is -2.17. The zero-order valence-corrected chi connectivity index (χ0v) is 5.31. The lowest BCUT2D eigenvalue weighted by atomic mass is 10.5. The van der Waals surface area contributed by atoms with Gasteiger partial charge in [0, 0.05) is 12.4 Å². The summed E-state index contributed by atoms with van der Waals surface area (Å²) in [5, 5.41) is 0. The van der Waals surface area contributed by atoms with Crippen LogP contribution in [0.2, 0.25) is 0 Å². The molecule has 0 unspecified atom stereocenters. The molecule has 0 spiro atoms. The van der Waals surface area contributed by atoms with Crippen LogP contribution in [0.3, 0.4) is 0 Å². The predicted molar refractivity (Wildman–Crippen MR) is 40.3 cm³/mol. The first-order valence-electron chi connectivity index (χ1n) is 3.00. The number of allylic oxidation sites excluding steroid dienone is 1. The van der Waals surface area contributed by atoms with E-state index in [1.807, 2.05) is 12.3 Å². The molecule has 0 bridgehead atoms. The summed E-state index contributed by atoms with van der Waals surface area (Å²) in [4.78, 5) is 13.8. The Morgan fingerprint density at radius 3 is 3.40 bits per heavy atom. The molecule has 2 heterocycles. The summed E-state index contributed by atoms with van der Waals surface area (Å²) in [6.07, 6.45) is 7.15. The third-order valence-electron chi connectivity index (χ3n) is 1.25. The van der Waals surface area contributed by atoms with Crippen molar-refractivity contribution < 1.29 is 0 Å². The minimum Gasteiger partial charge on any atom is -0.276 e. The van der Waals surface area contributed by atoms with Crippen LogP contribution in [-0.2, 0) is 0 Å². The molecule has 0 radical (unpaired) electrons. The second-order valence-electron chi connectivity index (χ2n) is 1.92. The highest BCUT2D eigenvalue weighted by Crippen LogP contribution is 2.00. The second kappa shape index (κ2) is 2.06. The summed E-state index contributed by atoms with van der Waals surface area (Å²) in [5.74, 6) is 0.720. The number of hydrogen-bond acceptors (Lipinski definition) is 4. The zero-order chi connectivity index (χ0) is 6.81. The summed E-state index contributed by atoms with van der Waals surface area (Å²) >= 11 is 0. The minimum absolute atomic E-state index is 0.497. The van der Waals surface area contributed by atoms with Gasteiger partial charge in [0.1, 0.15) is 6.67 Å². The average molecular weight is 134 g/mol. The molecule has 2 aliphatic heterocycles. The van der Waals surface area contributed by atoms with Gasteiger partial charge in [0.25, 0.3) is 0 Å². The first-order valence-corrected chi connectivity index (χ1v) is 3.00. The van der Waals surface area contributed by atoms with Crippen LogP contribution in [0.15, 0.2) is 27.3 Å². The van der Waals surface area contributed by atoms with Crippen molar-refractivity contribution in [3.05, 3.63) is 12.3 Å². The predicted octanol–water partition coefficient (Wildman–Crippen LogP) is 0.242. The van der Waals surface area contributed by atoms with Crippen LogP contribution >= 0.6 is 0 Å². The molecule has 0 N–H and O–H groups in total. The highest BCUT2D eigenvalue weighted by Gasteiger charge is 2.08. The van der Waals surface area contributed by atoms with E-state index < -0.39 is 0 Å². The van der Waals surface area contributed by atoms with Crippen LogP contribution < -0.4 is 0 Å². The van der Waals surface area contributed by atoms with Gasteiger partial charge in [-0.15, -0.1) is 0 Å². The quantitative estimate of drug-likeness (QED) is 0.468. The van der Waals surface area contributed by atoms with Crippen LogP contribution in [0.25, 0.3) is 0 Å².